The molecule has 0 saturated heterocycles. The molecule has 0 bridgehead atoms. The third kappa shape index (κ3) is 5.97. The first-order chi connectivity index (χ1) is 9.55. The van der Waals surface area contributed by atoms with Crippen molar-refractivity contribution in [1.82, 2.24) is 5.32 Å². The molecule has 1 aromatic rings. The van der Waals surface area contributed by atoms with E-state index in [-0.39, 0.29) is 17.6 Å². The average molecular weight is 286 g/mol. The van der Waals surface area contributed by atoms with Gasteiger partial charge < -0.3 is 15.8 Å². The van der Waals surface area contributed by atoms with E-state index in [9.17, 15) is 13.6 Å². The Morgan fingerprint density at radius 3 is 2.50 bits per heavy atom. The molecule has 0 spiro atoms. The van der Waals surface area contributed by atoms with Crippen LogP contribution in [-0.2, 0) is 11.3 Å². The van der Waals surface area contributed by atoms with E-state index in [1.165, 1.54) is 12.1 Å². The molecule has 1 amide bonds. The second-order valence-electron chi connectivity index (χ2n) is 4.51. The molecule has 0 heterocycles. The average Bonchev–Trinajstić information content (AvgIpc) is 2.43. The maximum atomic E-state index is 12.0. The molecule has 6 heteroatoms. The standard InChI is InChI=1S/C14H20F2N2O2/c1-2-10(8-17)7-13(19)18-9-11-3-5-12(6-4-11)20-14(15)16/h3-6,10,14H,2,7-9,17H2,1H3,(H,18,19). The number of ether oxygens (including phenoxy) is 1. The van der Waals surface area contributed by atoms with Gasteiger partial charge in [-0.1, -0.05) is 25.5 Å². The first-order valence-electron chi connectivity index (χ1n) is 6.55. The maximum Gasteiger partial charge on any atom is 0.387 e. The lowest BCUT2D eigenvalue weighted by atomic mass is 10.0. The van der Waals surface area contributed by atoms with Crippen molar-refractivity contribution in [3.8, 4) is 5.75 Å². The predicted octanol–water partition coefficient (Wildman–Crippen LogP) is 2.28. The van der Waals surface area contributed by atoms with Crippen LogP contribution in [0.15, 0.2) is 24.3 Å². The van der Waals surface area contributed by atoms with E-state index < -0.39 is 6.61 Å². The summed E-state index contributed by atoms with van der Waals surface area (Å²) >= 11 is 0. The van der Waals surface area contributed by atoms with Gasteiger partial charge in [-0.3, -0.25) is 4.79 Å². The molecule has 1 aromatic carbocycles. The topological polar surface area (TPSA) is 64.4 Å². The number of nitrogens with one attached hydrogen (secondary N) is 1. The van der Waals surface area contributed by atoms with E-state index in [2.05, 4.69) is 10.1 Å². The highest BCUT2D eigenvalue weighted by Crippen LogP contribution is 2.15. The zero-order valence-corrected chi connectivity index (χ0v) is 11.4. The van der Waals surface area contributed by atoms with Gasteiger partial charge in [0.05, 0.1) is 0 Å². The summed E-state index contributed by atoms with van der Waals surface area (Å²) in [5, 5.41) is 2.77. The fourth-order valence-electron chi connectivity index (χ4n) is 1.72. The van der Waals surface area contributed by atoms with Gasteiger partial charge in [-0.2, -0.15) is 8.78 Å². The maximum absolute atomic E-state index is 12.0. The van der Waals surface area contributed by atoms with E-state index in [1.54, 1.807) is 12.1 Å². The van der Waals surface area contributed by atoms with Crippen LogP contribution in [0, 0.1) is 5.92 Å². The summed E-state index contributed by atoms with van der Waals surface area (Å²) in [4.78, 5) is 11.7. The highest BCUT2D eigenvalue weighted by atomic mass is 19.3. The van der Waals surface area contributed by atoms with E-state index in [1.807, 2.05) is 6.92 Å². The zero-order chi connectivity index (χ0) is 15.0. The fourth-order valence-corrected chi connectivity index (χ4v) is 1.72. The minimum atomic E-state index is -2.83. The van der Waals surface area contributed by atoms with Crippen LogP contribution in [0.4, 0.5) is 8.78 Å². The number of rotatable bonds is 8. The van der Waals surface area contributed by atoms with Gasteiger partial charge in [0.25, 0.3) is 0 Å². The minimum Gasteiger partial charge on any atom is -0.435 e. The fraction of sp³-hybridized carbons (Fsp3) is 0.500. The lowest BCUT2D eigenvalue weighted by Gasteiger charge is -2.12. The number of hydrogen-bond acceptors (Lipinski definition) is 3. The van der Waals surface area contributed by atoms with Crippen molar-refractivity contribution in [3.63, 3.8) is 0 Å². The number of hydrogen-bond donors (Lipinski definition) is 2. The van der Waals surface area contributed by atoms with Crippen LogP contribution in [-0.4, -0.2) is 19.1 Å². The largest absolute Gasteiger partial charge is 0.435 e. The van der Waals surface area contributed by atoms with Crippen LogP contribution in [0.1, 0.15) is 25.3 Å². The highest BCUT2D eigenvalue weighted by molar-refractivity contribution is 5.76. The summed E-state index contributed by atoms with van der Waals surface area (Å²) in [5.41, 5.74) is 6.36. The summed E-state index contributed by atoms with van der Waals surface area (Å²) in [5.74, 6) is 0.233. The number of carbonyl (C=O) groups is 1. The number of alkyl halides is 2. The van der Waals surface area contributed by atoms with Gasteiger partial charge in [-0.15, -0.1) is 0 Å². The van der Waals surface area contributed by atoms with Crippen molar-refractivity contribution in [3.05, 3.63) is 29.8 Å². The van der Waals surface area contributed by atoms with Gasteiger partial charge in [0.15, 0.2) is 0 Å². The van der Waals surface area contributed by atoms with E-state index >= 15 is 0 Å². The van der Waals surface area contributed by atoms with Gasteiger partial charge in [0.1, 0.15) is 5.75 Å². The Morgan fingerprint density at radius 2 is 2.00 bits per heavy atom. The summed E-state index contributed by atoms with van der Waals surface area (Å²) in [6.45, 7) is 0.00747. The third-order valence-electron chi connectivity index (χ3n) is 3.02. The van der Waals surface area contributed by atoms with Crippen molar-refractivity contribution in [2.45, 2.75) is 32.9 Å². The van der Waals surface area contributed by atoms with Gasteiger partial charge >= 0.3 is 6.61 Å². The second kappa shape index (κ2) is 8.47. The monoisotopic (exact) mass is 286 g/mol. The van der Waals surface area contributed by atoms with Crippen molar-refractivity contribution in [2.75, 3.05) is 6.54 Å². The normalized spacial score (nSPS) is 12.2. The molecule has 1 atom stereocenters. The van der Waals surface area contributed by atoms with Crippen LogP contribution in [0.5, 0.6) is 5.75 Å². The molecule has 0 radical (unpaired) electrons. The van der Waals surface area contributed by atoms with Crippen LogP contribution < -0.4 is 15.8 Å². The quantitative estimate of drug-likeness (QED) is 0.770. The Hall–Kier alpha value is -1.69. The Balaban J connectivity index is 2.39. The molecule has 3 N–H and O–H groups in total. The van der Waals surface area contributed by atoms with E-state index in [0.717, 1.165) is 12.0 Å². The molecule has 0 aliphatic rings. The van der Waals surface area contributed by atoms with Crippen molar-refractivity contribution >= 4 is 5.91 Å². The van der Waals surface area contributed by atoms with E-state index in [0.29, 0.717) is 19.5 Å². The molecule has 0 aromatic heterocycles. The van der Waals surface area contributed by atoms with Crippen molar-refractivity contribution < 1.29 is 18.3 Å². The minimum absolute atomic E-state index is 0.0600. The van der Waals surface area contributed by atoms with Crippen LogP contribution in [0.2, 0.25) is 0 Å². The van der Waals surface area contributed by atoms with Crippen molar-refractivity contribution in [2.24, 2.45) is 11.7 Å². The Bertz CT molecular complexity index is 406. The van der Waals surface area contributed by atoms with Crippen molar-refractivity contribution in [1.29, 1.82) is 0 Å². The number of carbonyl (C=O) groups excluding carboxylic acids is 1. The summed E-state index contributed by atoms with van der Waals surface area (Å²) in [6, 6.07) is 6.17. The first kappa shape index (κ1) is 16.4. The van der Waals surface area contributed by atoms with E-state index in [4.69, 9.17) is 5.73 Å². The molecule has 4 nitrogen and oxygen atoms in total. The number of benzene rings is 1. The Morgan fingerprint density at radius 1 is 1.35 bits per heavy atom. The molecule has 0 aliphatic carbocycles. The van der Waals surface area contributed by atoms with Gasteiger partial charge in [0, 0.05) is 13.0 Å². The molecule has 1 unspecified atom stereocenters. The van der Waals surface area contributed by atoms with Crippen LogP contribution >= 0.6 is 0 Å². The SMILES string of the molecule is CCC(CN)CC(=O)NCc1ccc(OC(F)F)cc1. The van der Waals surface area contributed by atoms with Gasteiger partial charge in [-0.05, 0) is 30.2 Å². The lowest BCUT2D eigenvalue weighted by Crippen LogP contribution is -2.27. The Labute approximate surface area is 117 Å². The molecule has 20 heavy (non-hydrogen) atoms. The van der Waals surface area contributed by atoms with Crippen LogP contribution in [0.25, 0.3) is 0 Å². The Kier molecular flexibility index (Phi) is 6.93. The number of nitrogens with two attached hydrogens (primary N) is 1. The third-order valence-corrected chi connectivity index (χ3v) is 3.02. The van der Waals surface area contributed by atoms with Gasteiger partial charge in [-0.25, -0.2) is 0 Å². The molecular formula is C14H20F2N2O2. The molecule has 112 valence electrons. The molecule has 0 fully saturated rings. The number of amides is 1. The zero-order valence-electron chi connectivity index (χ0n) is 11.4. The summed E-state index contributed by atoms with van der Waals surface area (Å²) in [7, 11) is 0. The highest BCUT2D eigenvalue weighted by Gasteiger charge is 2.10. The second-order valence-corrected chi connectivity index (χ2v) is 4.51. The van der Waals surface area contributed by atoms with Gasteiger partial charge in [0.2, 0.25) is 5.91 Å². The smallest absolute Gasteiger partial charge is 0.387 e. The molecular weight excluding hydrogens is 266 g/mol. The van der Waals surface area contributed by atoms with Crippen LogP contribution in [0.3, 0.4) is 0 Å². The first-order valence-corrected chi connectivity index (χ1v) is 6.55. The predicted molar refractivity (Wildman–Crippen MR) is 72.4 cm³/mol. The summed E-state index contributed by atoms with van der Waals surface area (Å²) in [6.07, 6.45) is 1.27. The number of halogens is 2. The molecule has 0 aliphatic heterocycles. The summed E-state index contributed by atoms with van der Waals surface area (Å²) < 4.78 is 28.2. The molecule has 1 rings (SSSR count). The molecule has 0 saturated carbocycles. The lowest BCUT2D eigenvalue weighted by molar-refractivity contribution is -0.122.